The van der Waals surface area contributed by atoms with Crippen molar-refractivity contribution in [2.24, 2.45) is 0 Å². The molecule has 0 bridgehead atoms. The summed E-state index contributed by atoms with van der Waals surface area (Å²) >= 11 is 3.36. The van der Waals surface area contributed by atoms with E-state index in [1.54, 1.807) is 26.0 Å². The molecule has 0 aliphatic heterocycles. The molecule has 0 fully saturated rings. The van der Waals surface area contributed by atoms with Gasteiger partial charge < -0.3 is 14.8 Å². The van der Waals surface area contributed by atoms with Crippen molar-refractivity contribution in [1.29, 1.82) is 0 Å². The topological polar surface area (TPSA) is 62.5 Å². The molecule has 96 valence electrons. The van der Waals surface area contributed by atoms with Gasteiger partial charge in [-0.05, 0) is 38.1 Å². The van der Waals surface area contributed by atoms with E-state index < -0.39 is 5.54 Å². The van der Waals surface area contributed by atoms with Gasteiger partial charge in [-0.1, -0.05) is 15.9 Å². The SMILES string of the molecule is CC(C)(CO)NC(=O)c1cc2cc(Br)ccc2o1. The standard InChI is InChI=1S/C13H14BrNO3/c1-13(2,7-16)15-12(17)11-6-8-5-9(14)3-4-10(8)18-11/h3-6,16H,7H2,1-2H3,(H,15,17). The van der Waals surface area contributed by atoms with Crippen LogP contribution in [-0.4, -0.2) is 23.2 Å². The number of carbonyl (C=O) groups excluding carboxylic acids is 1. The smallest absolute Gasteiger partial charge is 0.287 e. The summed E-state index contributed by atoms with van der Waals surface area (Å²) in [6.07, 6.45) is 0. The Labute approximate surface area is 113 Å². The first kappa shape index (κ1) is 13.1. The third-order valence-electron chi connectivity index (χ3n) is 2.55. The van der Waals surface area contributed by atoms with E-state index in [4.69, 9.17) is 9.52 Å². The molecule has 0 unspecified atom stereocenters. The lowest BCUT2D eigenvalue weighted by Crippen LogP contribution is -2.46. The Balaban J connectivity index is 2.28. The Morgan fingerprint density at radius 3 is 2.83 bits per heavy atom. The molecule has 0 atom stereocenters. The minimum atomic E-state index is -0.670. The molecule has 0 aliphatic carbocycles. The zero-order valence-corrected chi connectivity index (χ0v) is 11.7. The van der Waals surface area contributed by atoms with Crippen molar-refractivity contribution in [1.82, 2.24) is 5.32 Å². The second-order valence-electron chi connectivity index (χ2n) is 4.79. The highest BCUT2D eigenvalue weighted by molar-refractivity contribution is 9.10. The number of rotatable bonds is 3. The first-order valence-electron chi connectivity index (χ1n) is 5.54. The van der Waals surface area contributed by atoms with Gasteiger partial charge >= 0.3 is 0 Å². The van der Waals surface area contributed by atoms with Crippen molar-refractivity contribution < 1.29 is 14.3 Å². The van der Waals surface area contributed by atoms with Crippen molar-refractivity contribution in [3.05, 3.63) is 34.5 Å². The van der Waals surface area contributed by atoms with Crippen molar-refractivity contribution in [3.63, 3.8) is 0 Å². The summed E-state index contributed by atoms with van der Waals surface area (Å²) in [4.78, 5) is 11.9. The average molecular weight is 312 g/mol. The van der Waals surface area contributed by atoms with Gasteiger partial charge in [0.05, 0.1) is 12.1 Å². The number of aliphatic hydroxyl groups is 1. The van der Waals surface area contributed by atoms with Crippen LogP contribution in [0.25, 0.3) is 11.0 Å². The predicted octanol–water partition coefficient (Wildman–Crippen LogP) is 2.70. The van der Waals surface area contributed by atoms with Gasteiger partial charge in [-0.15, -0.1) is 0 Å². The zero-order chi connectivity index (χ0) is 13.3. The number of benzene rings is 1. The summed E-state index contributed by atoms with van der Waals surface area (Å²) in [6.45, 7) is 3.35. The number of fused-ring (bicyclic) bond motifs is 1. The summed E-state index contributed by atoms with van der Waals surface area (Å²) < 4.78 is 6.39. The van der Waals surface area contributed by atoms with Crippen LogP contribution in [0.15, 0.2) is 33.2 Å². The number of furan rings is 1. The Morgan fingerprint density at radius 1 is 1.44 bits per heavy atom. The highest BCUT2D eigenvalue weighted by Crippen LogP contribution is 2.23. The van der Waals surface area contributed by atoms with Gasteiger partial charge in [0.25, 0.3) is 5.91 Å². The molecule has 0 aliphatic rings. The predicted molar refractivity (Wildman–Crippen MR) is 72.5 cm³/mol. The molecule has 5 heteroatoms. The number of aliphatic hydroxyl groups excluding tert-OH is 1. The van der Waals surface area contributed by atoms with Gasteiger partial charge in [0, 0.05) is 9.86 Å². The fraction of sp³-hybridized carbons (Fsp3) is 0.308. The molecule has 2 N–H and O–H groups in total. The normalized spacial score (nSPS) is 11.8. The average Bonchev–Trinajstić information content (AvgIpc) is 2.71. The van der Waals surface area contributed by atoms with E-state index in [1.807, 2.05) is 12.1 Å². The van der Waals surface area contributed by atoms with Crippen LogP contribution in [0.1, 0.15) is 24.4 Å². The Bertz CT molecular complexity index is 589. The lowest BCUT2D eigenvalue weighted by Gasteiger charge is -2.22. The third-order valence-corrected chi connectivity index (χ3v) is 3.04. The minimum Gasteiger partial charge on any atom is -0.451 e. The van der Waals surface area contributed by atoms with Crippen molar-refractivity contribution >= 4 is 32.8 Å². The van der Waals surface area contributed by atoms with E-state index >= 15 is 0 Å². The molecule has 0 saturated heterocycles. The number of hydrogen-bond donors (Lipinski definition) is 2. The Kier molecular flexibility index (Phi) is 3.45. The van der Waals surface area contributed by atoms with Crippen molar-refractivity contribution in [2.75, 3.05) is 6.61 Å². The third kappa shape index (κ3) is 2.73. The molecule has 0 spiro atoms. The first-order valence-corrected chi connectivity index (χ1v) is 6.33. The number of nitrogens with one attached hydrogen (secondary N) is 1. The van der Waals surface area contributed by atoms with Crippen LogP contribution >= 0.6 is 15.9 Å². The molecule has 1 heterocycles. The van der Waals surface area contributed by atoms with Crippen LogP contribution in [0.4, 0.5) is 0 Å². The number of amides is 1. The van der Waals surface area contributed by atoms with E-state index in [-0.39, 0.29) is 18.3 Å². The van der Waals surface area contributed by atoms with Crippen LogP contribution < -0.4 is 5.32 Å². The summed E-state index contributed by atoms with van der Waals surface area (Å²) in [5.41, 5.74) is -0.0124. The second kappa shape index (κ2) is 4.74. The Hall–Kier alpha value is -1.33. The highest BCUT2D eigenvalue weighted by atomic mass is 79.9. The molecule has 1 amide bonds. The van der Waals surface area contributed by atoms with Gasteiger partial charge in [0.1, 0.15) is 5.58 Å². The van der Waals surface area contributed by atoms with Crippen LogP contribution in [0.2, 0.25) is 0 Å². The molecule has 18 heavy (non-hydrogen) atoms. The maximum atomic E-state index is 11.9. The van der Waals surface area contributed by atoms with E-state index in [1.165, 1.54) is 0 Å². The molecule has 4 nitrogen and oxygen atoms in total. The largest absolute Gasteiger partial charge is 0.451 e. The minimum absolute atomic E-state index is 0.134. The summed E-state index contributed by atoms with van der Waals surface area (Å²) in [5.74, 6) is -0.0917. The first-order chi connectivity index (χ1) is 8.41. The molecule has 1 aromatic heterocycles. The monoisotopic (exact) mass is 311 g/mol. The highest BCUT2D eigenvalue weighted by Gasteiger charge is 2.22. The second-order valence-corrected chi connectivity index (χ2v) is 5.70. The van der Waals surface area contributed by atoms with Gasteiger partial charge in [0.2, 0.25) is 0 Å². The van der Waals surface area contributed by atoms with E-state index in [0.717, 1.165) is 9.86 Å². The molecule has 1 aromatic carbocycles. The van der Waals surface area contributed by atoms with Gasteiger partial charge in [-0.2, -0.15) is 0 Å². The number of hydrogen-bond acceptors (Lipinski definition) is 3. The quantitative estimate of drug-likeness (QED) is 0.916. The summed E-state index contributed by atoms with van der Waals surface area (Å²) in [7, 11) is 0. The van der Waals surface area contributed by atoms with Crippen LogP contribution in [0.5, 0.6) is 0 Å². The van der Waals surface area contributed by atoms with E-state index in [0.29, 0.717) is 5.58 Å². The van der Waals surface area contributed by atoms with Crippen LogP contribution in [-0.2, 0) is 0 Å². The van der Waals surface area contributed by atoms with Gasteiger partial charge in [0.15, 0.2) is 5.76 Å². The van der Waals surface area contributed by atoms with Crippen molar-refractivity contribution in [3.8, 4) is 0 Å². The van der Waals surface area contributed by atoms with E-state index in [9.17, 15) is 4.79 Å². The maximum absolute atomic E-state index is 11.9. The van der Waals surface area contributed by atoms with Crippen molar-refractivity contribution in [2.45, 2.75) is 19.4 Å². The van der Waals surface area contributed by atoms with Crippen LogP contribution in [0, 0.1) is 0 Å². The lowest BCUT2D eigenvalue weighted by molar-refractivity contribution is 0.0843. The van der Waals surface area contributed by atoms with Crippen LogP contribution in [0.3, 0.4) is 0 Å². The molecule has 0 saturated carbocycles. The maximum Gasteiger partial charge on any atom is 0.287 e. The Morgan fingerprint density at radius 2 is 2.17 bits per heavy atom. The van der Waals surface area contributed by atoms with Gasteiger partial charge in [-0.3, -0.25) is 4.79 Å². The molecule has 2 aromatic rings. The lowest BCUT2D eigenvalue weighted by atomic mass is 10.1. The van der Waals surface area contributed by atoms with Gasteiger partial charge in [-0.25, -0.2) is 0 Å². The summed E-state index contributed by atoms with van der Waals surface area (Å²) in [6, 6.07) is 7.22. The zero-order valence-electron chi connectivity index (χ0n) is 10.2. The molecule has 2 rings (SSSR count). The molecular formula is C13H14BrNO3. The molecule has 0 radical (unpaired) electrons. The van der Waals surface area contributed by atoms with E-state index in [2.05, 4.69) is 21.2 Å². The number of carbonyl (C=O) groups is 1. The fourth-order valence-corrected chi connectivity index (χ4v) is 1.91. The molecular weight excluding hydrogens is 298 g/mol. The summed E-state index contributed by atoms with van der Waals surface area (Å²) in [5, 5.41) is 12.7. The fourth-order valence-electron chi connectivity index (χ4n) is 1.53. The number of halogens is 1.